The first-order valence-corrected chi connectivity index (χ1v) is 5.09. The van der Waals surface area contributed by atoms with E-state index in [4.69, 9.17) is 0 Å². The van der Waals surface area contributed by atoms with E-state index in [1.165, 1.54) is 17.8 Å². The molecule has 0 atom stereocenters. The van der Waals surface area contributed by atoms with E-state index in [1.54, 1.807) is 36.5 Å². The Labute approximate surface area is 98.1 Å². The van der Waals surface area contributed by atoms with Gasteiger partial charge >= 0.3 is 0 Å². The maximum atomic E-state index is 11.9. The zero-order valence-corrected chi connectivity index (χ0v) is 9.25. The Kier molecular flexibility index (Phi) is 3.00. The van der Waals surface area contributed by atoms with E-state index >= 15 is 0 Å². The molecule has 0 unspecified atom stereocenters. The summed E-state index contributed by atoms with van der Waals surface area (Å²) in [5, 5.41) is 6.49. The zero-order valence-electron chi connectivity index (χ0n) is 9.25. The van der Waals surface area contributed by atoms with Crippen molar-refractivity contribution in [3.63, 3.8) is 0 Å². The molecule has 0 aliphatic carbocycles. The zero-order chi connectivity index (χ0) is 12.3. The van der Waals surface area contributed by atoms with Crippen molar-refractivity contribution in [2.24, 2.45) is 0 Å². The maximum Gasteiger partial charge on any atom is 0.278 e. The molecule has 2 aromatic rings. The topological polar surface area (TPSA) is 64.0 Å². The third-order valence-electron chi connectivity index (χ3n) is 2.14. The second-order valence-corrected chi connectivity index (χ2v) is 3.52. The van der Waals surface area contributed by atoms with Crippen LogP contribution in [0.5, 0.6) is 0 Å². The third kappa shape index (κ3) is 2.57. The first-order valence-electron chi connectivity index (χ1n) is 5.09. The molecule has 0 saturated heterocycles. The van der Waals surface area contributed by atoms with Gasteiger partial charge in [0.2, 0.25) is 5.91 Å². The lowest BCUT2D eigenvalue weighted by molar-refractivity contribution is -0.114. The highest BCUT2D eigenvalue weighted by atomic mass is 16.2. The molecule has 1 aromatic heterocycles. The molecule has 0 fully saturated rings. The molecule has 0 spiro atoms. The third-order valence-corrected chi connectivity index (χ3v) is 2.14. The monoisotopic (exact) mass is 229 g/mol. The quantitative estimate of drug-likeness (QED) is 0.849. The minimum absolute atomic E-state index is 0.173. The molecule has 0 aliphatic heterocycles. The van der Waals surface area contributed by atoms with Crippen LogP contribution in [0.15, 0.2) is 42.7 Å². The van der Waals surface area contributed by atoms with Crippen LogP contribution < -0.4 is 5.32 Å². The molecular weight excluding hydrogens is 218 g/mol. The van der Waals surface area contributed by atoms with Gasteiger partial charge in [-0.05, 0) is 24.3 Å². The summed E-state index contributed by atoms with van der Waals surface area (Å²) in [5.41, 5.74) is 1.07. The van der Waals surface area contributed by atoms with Gasteiger partial charge < -0.3 is 5.32 Å². The van der Waals surface area contributed by atoms with Gasteiger partial charge in [0.05, 0.1) is 0 Å². The number of nitrogens with zero attached hydrogens (tertiary/aromatic N) is 2. The Morgan fingerprint density at radius 2 is 2.12 bits per heavy atom. The maximum absolute atomic E-state index is 11.9. The predicted molar refractivity (Wildman–Crippen MR) is 62.7 cm³/mol. The van der Waals surface area contributed by atoms with Crippen LogP contribution in [0.4, 0.5) is 5.69 Å². The highest BCUT2D eigenvalue weighted by Gasteiger charge is 2.08. The Morgan fingerprint density at radius 3 is 2.76 bits per heavy atom. The molecule has 0 bridgehead atoms. The molecule has 0 aliphatic rings. The van der Waals surface area contributed by atoms with Gasteiger partial charge in [0, 0.05) is 30.6 Å². The normalized spacial score (nSPS) is 9.94. The smallest absolute Gasteiger partial charge is 0.278 e. The van der Waals surface area contributed by atoms with E-state index in [9.17, 15) is 9.59 Å². The van der Waals surface area contributed by atoms with Crippen molar-refractivity contribution >= 4 is 17.5 Å². The fraction of sp³-hybridized carbons (Fsp3) is 0.0833. The van der Waals surface area contributed by atoms with Crippen molar-refractivity contribution in [1.29, 1.82) is 0 Å². The predicted octanol–water partition coefficient (Wildman–Crippen LogP) is 1.53. The lowest BCUT2D eigenvalue weighted by atomic mass is 10.2. The molecule has 0 radical (unpaired) electrons. The SMILES string of the molecule is CC(=O)Nc1cccc(C(=O)n2cccn2)c1. The van der Waals surface area contributed by atoms with Gasteiger partial charge in [-0.15, -0.1) is 0 Å². The number of rotatable bonds is 2. The number of anilines is 1. The number of nitrogens with one attached hydrogen (secondary N) is 1. The first kappa shape index (κ1) is 11.1. The first-order chi connectivity index (χ1) is 8.16. The number of benzene rings is 1. The average molecular weight is 229 g/mol. The number of amides is 1. The Bertz CT molecular complexity index is 547. The molecular formula is C12H11N3O2. The number of carbonyl (C=O) groups excluding carboxylic acids is 2. The van der Waals surface area contributed by atoms with Crippen LogP contribution in [0.3, 0.4) is 0 Å². The molecule has 0 saturated carbocycles. The van der Waals surface area contributed by atoms with E-state index in [0.717, 1.165) is 0 Å². The fourth-order valence-electron chi connectivity index (χ4n) is 1.45. The summed E-state index contributed by atoms with van der Waals surface area (Å²) in [7, 11) is 0. The minimum atomic E-state index is -0.234. The van der Waals surface area contributed by atoms with Gasteiger partial charge in [-0.25, -0.2) is 4.68 Å². The van der Waals surface area contributed by atoms with Crippen LogP contribution in [0, 0.1) is 0 Å². The average Bonchev–Trinajstić information content (AvgIpc) is 2.81. The van der Waals surface area contributed by atoms with Crippen molar-refractivity contribution in [3.05, 3.63) is 48.3 Å². The molecule has 5 heteroatoms. The minimum Gasteiger partial charge on any atom is -0.326 e. The van der Waals surface area contributed by atoms with E-state index in [1.807, 2.05) is 0 Å². The van der Waals surface area contributed by atoms with E-state index < -0.39 is 0 Å². The number of hydrogen-bond donors (Lipinski definition) is 1. The van der Waals surface area contributed by atoms with Crippen LogP contribution in [-0.2, 0) is 4.79 Å². The lowest BCUT2D eigenvalue weighted by Gasteiger charge is -2.04. The summed E-state index contributed by atoms with van der Waals surface area (Å²) >= 11 is 0. The van der Waals surface area contributed by atoms with Crippen molar-refractivity contribution in [2.45, 2.75) is 6.92 Å². The molecule has 1 heterocycles. The number of carbonyl (C=O) groups is 2. The molecule has 17 heavy (non-hydrogen) atoms. The molecule has 1 amide bonds. The highest BCUT2D eigenvalue weighted by Crippen LogP contribution is 2.11. The second kappa shape index (κ2) is 4.61. The largest absolute Gasteiger partial charge is 0.326 e. The number of hydrogen-bond acceptors (Lipinski definition) is 3. The van der Waals surface area contributed by atoms with Gasteiger partial charge in [-0.2, -0.15) is 5.10 Å². The van der Waals surface area contributed by atoms with Gasteiger partial charge in [0.1, 0.15) is 0 Å². The van der Waals surface area contributed by atoms with Gasteiger partial charge in [-0.3, -0.25) is 9.59 Å². The summed E-state index contributed by atoms with van der Waals surface area (Å²) in [4.78, 5) is 22.8. The van der Waals surface area contributed by atoms with Crippen LogP contribution in [-0.4, -0.2) is 21.6 Å². The highest BCUT2D eigenvalue weighted by molar-refractivity contribution is 5.97. The Morgan fingerprint density at radius 1 is 1.29 bits per heavy atom. The Balaban J connectivity index is 2.27. The standard InChI is InChI=1S/C12H11N3O2/c1-9(16)14-11-5-2-4-10(8-11)12(17)15-7-3-6-13-15/h2-8H,1H3,(H,14,16). The fourth-order valence-corrected chi connectivity index (χ4v) is 1.45. The summed E-state index contributed by atoms with van der Waals surface area (Å²) in [6.45, 7) is 1.42. The van der Waals surface area contributed by atoms with E-state index in [-0.39, 0.29) is 11.8 Å². The van der Waals surface area contributed by atoms with Crippen LogP contribution in [0.2, 0.25) is 0 Å². The van der Waals surface area contributed by atoms with Crippen LogP contribution in [0.1, 0.15) is 17.3 Å². The summed E-state index contributed by atoms with van der Waals surface area (Å²) < 4.78 is 1.24. The van der Waals surface area contributed by atoms with Gasteiger partial charge in [-0.1, -0.05) is 6.07 Å². The van der Waals surface area contributed by atoms with Crippen molar-refractivity contribution < 1.29 is 9.59 Å². The Hall–Kier alpha value is -2.43. The molecule has 2 rings (SSSR count). The molecule has 1 aromatic carbocycles. The summed E-state index contributed by atoms with van der Waals surface area (Å²) in [5.74, 6) is -0.407. The van der Waals surface area contributed by atoms with Crippen molar-refractivity contribution in [2.75, 3.05) is 5.32 Å². The van der Waals surface area contributed by atoms with Gasteiger partial charge in [0.15, 0.2) is 0 Å². The molecule has 86 valence electrons. The van der Waals surface area contributed by atoms with Crippen molar-refractivity contribution in [3.8, 4) is 0 Å². The van der Waals surface area contributed by atoms with Crippen molar-refractivity contribution in [1.82, 2.24) is 9.78 Å². The number of aromatic nitrogens is 2. The summed E-state index contributed by atoms with van der Waals surface area (Å²) in [6.07, 6.45) is 3.11. The summed E-state index contributed by atoms with van der Waals surface area (Å²) in [6, 6.07) is 8.40. The van der Waals surface area contributed by atoms with Crippen LogP contribution in [0.25, 0.3) is 0 Å². The van der Waals surface area contributed by atoms with E-state index in [2.05, 4.69) is 10.4 Å². The van der Waals surface area contributed by atoms with E-state index in [0.29, 0.717) is 11.3 Å². The second-order valence-electron chi connectivity index (χ2n) is 3.52. The van der Waals surface area contributed by atoms with Gasteiger partial charge in [0.25, 0.3) is 5.91 Å². The molecule has 5 nitrogen and oxygen atoms in total. The lowest BCUT2D eigenvalue weighted by Crippen LogP contribution is -2.13. The van der Waals surface area contributed by atoms with Crippen LogP contribution >= 0.6 is 0 Å². The molecule has 1 N–H and O–H groups in total.